The van der Waals surface area contributed by atoms with Crippen LogP contribution in [0.25, 0.3) is 10.9 Å². The number of hydrogen-bond acceptors (Lipinski definition) is 2. The lowest BCUT2D eigenvalue weighted by Gasteiger charge is -2.04. The summed E-state index contributed by atoms with van der Waals surface area (Å²) in [5, 5.41) is 10.7. The van der Waals surface area contributed by atoms with E-state index in [9.17, 15) is 4.79 Å². The fourth-order valence-corrected chi connectivity index (χ4v) is 2.41. The highest BCUT2D eigenvalue weighted by atomic mass is 16.1. The number of carbonyl (C=O) groups excluding carboxylic acids is 1. The summed E-state index contributed by atoms with van der Waals surface area (Å²) in [5.41, 5.74) is 3.79. The zero-order chi connectivity index (χ0) is 14.7. The highest BCUT2D eigenvalue weighted by molar-refractivity contribution is 6.04. The molecule has 0 bridgehead atoms. The maximum atomic E-state index is 12.2. The molecule has 0 aliphatic heterocycles. The van der Waals surface area contributed by atoms with E-state index in [1.54, 1.807) is 0 Å². The van der Waals surface area contributed by atoms with E-state index in [1.165, 1.54) is 11.1 Å². The maximum Gasteiger partial charge on any atom is 0.272 e. The van der Waals surface area contributed by atoms with E-state index in [1.807, 2.05) is 30.3 Å². The van der Waals surface area contributed by atoms with Crippen molar-refractivity contribution in [2.45, 2.75) is 13.3 Å². The number of nitrogens with one attached hydrogen (secondary N) is 2. The molecular weight excluding hydrogens is 262 g/mol. The average molecular weight is 279 g/mol. The lowest BCUT2D eigenvalue weighted by atomic mass is 10.1. The SMILES string of the molecule is Cc1cccc(CCNC(=O)c2n[nH]c3ccccc23)c1. The van der Waals surface area contributed by atoms with Gasteiger partial charge in [-0.05, 0) is 25.0 Å². The van der Waals surface area contributed by atoms with Gasteiger partial charge in [0.25, 0.3) is 5.91 Å². The number of hydrogen-bond donors (Lipinski definition) is 2. The first kappa shape index (κ1) is 13.4. The zero-order valence-electron chi connectivity index (χ0n) is 11.9. The molecular formula is C17H17N3O. The molecule has 1 heterocycles. The summed E-state index contributed by atoms with van der Waals surface area (Å²) < 4.78 is 0. The largest absolute Gasteiger partial charge is 0.350 e. The summed E-state index contributed by atoms with van der Waals surface area (Å²) in [6.45, 7) is 2.67. The minimum atomic E-state index is -0.139. The van der Waals surface area contributed by atoms with E-state index >= 15 is 0 Å². The predicted octanol–water partition coefficient (Wildman–Crippen LogP) is 2.84. The lowest BCUT2D eigenvalue weighted by Crippen LogP contribution is -2.26. The minimum Gasteiger partial charge on any atom is -0.350 e. The summed E-state index contributed by atoms with van der Waals surface area (Å²) in [6, 6.07) is 15.9. The quantitative estimate of drug-likeness (QED) is 0.771. The highest BCUT2D eigenvalue weighted by Gasteiger charge is 2.12. The van der Waals surface area contributed by atoms with Crippen molar-refractivity contribution in [3.05, 3.63) is 65.4 Å². The van der Waals surface area contributed by atoms with Crippen LogP contribution in [0.2, 0.25) is 0 Å². The van der Waals surface area contributed by atoms with E-state index in [0.717, 1.165) is 17.3 Å². The van der Waals surface area contributed by atoms with Gasteiger partial charge in [0.2, 0.25) is 0 Å². The van der Waals surface area contributed by atoms with Gasteiger partial charge in [-0.15, -0.1) is 0 Å². The number of H-pyrrole nitrogens is 1. The molecule has 106 valence electrons. The number of fused-ring (bicyclic) bond motifs is 1. The van der Waals surface area contributed by atoms with Crippen molar-refractivity contribution >= 4 is 16.8 Å². The van der Waals surface area contributed by atoms with Gasteiger partial charge in [-0.25, -0.2) is 0 Å². The van der Waals surface area contributed by atoms with Gasteiger partial charge in [0.05, 0.1) is 5.52 Å². The first-order chi connectivity index (χ1) is 10.2. The first-order valence-electron chi connectivity index (χ1n) is 7.01. The monoisotopic (exact) mass is 279 g/mol. The van der Waals surface area contributed by atoms with E-state index in [0.29, 0.717) is 12.2 Å². The smallest absolute Gasteiger partial charge is 0.272 e. The van der Waals surface area contributed by atoms with Crippen molar-refractivity contribution in [3.63, 3.8) is 0 Å². The number of nitrogens with zero attached hydrogens (tertiary/aromatic N) is 1. The van der Waals surface area contributed by atoms with Crippen LogP contribution < -0.4 is 5.32 Å². The third-order valence-corrected chi connectivity index (χ3v) is 3.47. The van der Waals surface area contributed by atoms with Crippen LogP contribution >= 0.6 is 0 Å². The molecule has 0 unspecified atom stereocenters. The Labute approximate surface area is 123 Å². The summed E-state index contributed by atoms with van der Waals surface area (Å²) in [4.78, 5) is 12.2. The van der Waals surface area contributed by atoms with Gasteiger partial charge in [0.15, 0.2) is 5.69 Å². The van der Waals surface area contributed by atoms with Gasteiger partial charge < -0.3 is 5.32 Å². The summed E-state index contributed by atoms with van der Waals surface area (Å²) in [6.07, 6.45) is 0.815. The average Bonchev–Trinajstić information content (AvgIpc) is 2.91. The van der Waals surface area contributed by atoms with Crippen molar-refractivity contribution < 1.29 is 4.79 Å². The van der Waals surface area contributed by atoms with Gasteiger partial charge in [-0.1, -0.05) is 48.0 Å². The zero-order valence-corrected chi connectivity index (χ0v) is 11.9. The van der Waals surface area contributed by atoms with E-state index in [-0.39, 0.29) is 5.91 Å². The Morgan fingerprint density at radius 2 is 2.05 bits per heavy atom. The molecule has 0 radical (unpaired) electrons. The van der Waals surface area contributed by atoms with Crippen LogP contribution in [-0.2, 0) is 6.42 Å². The third-order valence-electron chi connectivity index (χ3n) is 3.47. The second-order valence-electron chi connectivity index (χ2n) is 5.11. The Morgan fingerprint density at radius 3 is 2.90 bits per heavy atom. The van der Waals surface area contributed by atoms with Gasteiger partial charge in [0, 0.05) is 11.9 Å². The molecule has 0 fully saturated rings. The number of benzene rings is 2. The molecule has 0 atom stereocenters. The van der Waals surface area contributed by atoms with Crippen LogP contribution in [0.1, 0.15) is 21.6 Å². The Bertz CT molecular complexity index is 776. The first-order valence-corrected chi connectivity index (χ1v) is 7.01. The van der Waals surface area contributed by atoms with Crippen molar-refractivity contribution in [1.82, 2.24) is 15.5 Å². The van der Waals surface area contributed by atoms with Gasteiger partial charge in [0.1, 0.15) is 0 Å². The van der Waals surface area contributed by atoms with E-state index in [4.69, 9.17) is 0 Å². The molecule has 3 aromatic rings. The van der Waals surface area contributed by atoms with Crippen LogP contribution in [0.3, 0.4) is 0 Å². The Balaban J connectivity index is 1.64. The molecule has 1 amide bonds. The Kier molecular flexibility index (Phi) is 3.69. The minimum absolute atomic E-state index is 0.139. The molecule has 0 aliphatic rings. The number of aromatic amines is 1. The fourth-order valence-electron chi connectivity index (χ4n) is 2.41. The number of aryl methyl sites for hydroxylation is 1. The molecule has 2 N–H and O–H groups in total. The molecule has 3 rings (SSSR count). The van der Waals surface area contributed by atoms with E-state index in [2.05, 4.69) is 40.6 Å². The van der Waals surface area contributed by atoms with E-state index < -0.39 is 0 Å². The van der Waals surface area contributed by atoms with Gasteiger partial charge >= 0.3 is 0 Å². The van der Waals surface area contributed by atoms with Crippen LogP contribution in [0.4, 0.5) is 0 Å². The van der Waals surface area contributed by atoms with Crippen LogP contribution in [0, 0.1) is 6.92 Å². The maximum absolute atomic E-state index is 12.2. The van der Waals surface area contributed by atoms with Crippen LogP contribution in [0.5, 0.6) is 0 Å². The molecule has 0 aliphatic carbocycles. The lowest BCUT2D eigenvalue weighted by molar-refractivity contribution is 0.0950. The number of para-hydroxylation sites is 1. The van der Waals surface area contributed by atoms with Crippen molar-refractivity contribution in [1.29, 1.82) is 0 Å². The summed E-state index contributed by atoms with van der Waals surface area (Å²) >= 11 is 0. The number of amides is 1. The second-order valence-corrected chi connectivity index (χ2v) is 5.11. The van der Waals surface area contributed by atoms with Crippen molar-refractivity contribution in [2.75, 3.05) is 6.54 Å². The van der Waals surface area contributed by atoms with Crippen molar-refractivity contribution in [2.24, 2.45) is 0 Å². The summed E-state index contributed by atoms with van der Waals surface area (Å²) in [5.74, 6) is -0.139. The van der Waals surface area contributed by atoms with Gasteiger partial charge in [-0.3, -0.25) is 9.89 Å². The molecule has 2 aromatic carbocycles. The third kappa shape index (κ3) is 2.94. The van der Waals surface area contributed by atoms with Crippen molar-refractivity contribution in [3.8, 4) is 0 Å². The highest BCUT2D eigenvalue weighted by Crippen LogP contribution is 2.14. The number of carbonyl (C=O) groups is 1. The Hall–Kier alpha value is -2.62. The van der Waals surface area contributed by atoms with Crippen LogP contribution in [-0.4, -0.2) is 22.6 Å². The number of aromatic nitrogens is 2. The molecule has 0 saturated carbocycles. The molecule has 1 aromatic heterocycles. The molecule has 4 nitrogen and oxygen atoms in total. The summed E-state index contributed by atoms with van der Waals surface area (Å²) in [7, 11) is 0. The Morgan fingerprint density at radius 1 is 1.19 bits per heavy atom. The standard InChI is InChI=1S/C17H17N3O/c1-12-5-4-6-13(11-12)9-10-18-17(21)16-14-7-2-3-8-15(14)19-20-16/h2-8,11H,9-10H2,1H3,(H,18,21)(H,19,20). The number of rotatable bonds is 4. The van der Waals surface area contributed by atoms with Crippen LogP contribution in [0.15, 0.2) is 48.5 Å². The molecule has 0 spiro atoms. The molecule has 0 saturated heterocycles. The molecule has 21 heavy (non-hydrogen) atoms. The molecule has 4 heteroatoms. The second kappa shape index (κ2) is 5.79. The fraction of sp³-hybridized carbons (Fsp3) is 0.176. The topological polar surface area (TPSA) is 57.8 Å². The van der Waals surface area contributed by atoms with Gasteiger partial charge in [-0.2, -0.15) is 5.10 Å². The normalized spacial score (nSPS) is 10.7. The predicted molar refractivity (Wildman–Crippen MR) is 83.3 cm³/mol.